The predicted molar refractivity (Wildman–Crippen MR) is 302 cm³/mol. The molecule has 0 saturated carbocycles. The van der Waals surface area contributed by atoms with Crippen LogP contribution in [0, 0.1) is 53.2 Å². The van der Waals surface area contributed by atoms with Crippen LogP contribution in [0.5, 0.6) is 0 Å². The summed E-state index contributed by atoms with van der Waals surface area (Å²) in [5.41, 5.74) is 18.3. The van der Waals surface area contributed by atoms with Crippen molar-refractivity contribution >= 4 is 24.0 Å². The van der Waals surface area contributed by atoms with Gasteiger partial charge in [-0.2, -0.15) is 0 Å². The Hall–Kier alpha value is -7.98. The smallest absolute Gasteiger partial charge is 0.243 e. The number of imidazole rings is 2. The van der Waals surface area contributed by atoms with Crippen molar-refractivity contribution in [2.24, 2.45) is 0 Å². The van der Waals surface area contributed by atoms with E-state index in [1.807, 2.05) is 109 Å². The Kier molecular flexibility index (Phi) is 16.2. The number of nitrogens with one attached hydrogen (secondary N) is 2. The number of hydrogen-bond donors (Lipinski definition) is 2. The van der Waals surface area contributed by atoms with E-state index in [1.54, 1.807) is 36.4 Å². The van der Waals surface area contributed by atoms with E-state index in [0.29, 0.717) is 13.1 Å². The molecule has 8 aromatic rings. The Bertz CT molecular complexity index is 3260. The van der Waals surface area contributed by atoms with Crippen LogP contribution in [-0.4, -0.2) is 44.0 Å². The fourth-order valence-corrected chi connectivity index (χ4v) is 11.7. The average Bonchev–Trinajstić information content (AvgIpc) is 4.22. The summed E-state index contributed by atoms with van der Waals surface area (Å²) < 4.78 is 31.4. The zero-order valence-electron chi connectivity index (χ0n) is 44.6. The topological polar surface area (TPSA) is 93.8 Å². The van der Waals surface area contributed by atoms with Gasteiger partial charge in [0.05, 0.1) is 24.0 Å². The molecule has 2 N–H and O–H groups in total. The maximum Gasteiger partial charge on any atom is 0.243 e. The first kappa shape index (κ1) is 52.9. The Balaban J connectivity index is 0.000000186. The number of aryl methyl sites for hydroxylation is 7. The van der Waals surface area contributed by atoms with Crippen molar-refractivity contribution in [1.82, 2.24) is 29.7 Å². The fourth-order valence-electron chi connectivity index (χ4n) is 11.7. The van der Waals surface area contributed by atoms with Gasteiger partial charge < -0.3 is 19.8 Å². The van der Waals surface area contributed by atoms with E-state index in [1.165, 1.54) is 33.4 Å². The van der Waals surface area contributed by atoms with Crippen LogP contribution in [0.2, 0.25) is 0 Å². The van der Waals surface area contributed by atoms with Crippen LogP contribution in [0.25, 0.3) is 23.5 Å². The number of amides is 2. The second kappa shape index (κ2) is 23.3. The van der Waals surface area contributed by atoms with Gasteiger partial charge in [-0.3, -0.25) is 9.59 Å². The third-order valence-corrected chi connectivity index (χ3v) is 15.6. The Labute approximate surface area is 446 Å². The lowest BCUT2D eigenvalue weighted by Gasteiger charge is -2.32. The Morgan fingerprint density at radius 3 is 1.55 bits per heavy atom. The van der Waals surface area contributed by atoms with Gasteiger partial charge in [0.25, 0.3) is 0 Å². The maximum atomic E-state index is 13.7. The summed E-state index contributed by atoms with van der Waals surface area (Å²) in [5.74, 6) is -0.634. The van der Waals surface area contributed by atoms with Gasteiger partial charge in [-0.05, 0) is 215 Å². The molecular formula is C66H68F2N6O2. The molecule has 2 aliphatic carbocycles. The van der Waals surface area contributed by atoms with E-state index >= 15 is 0 Å². The summed E-state index contributed by atoms with van der Waals surface area (Å²) in [6, 6.07) is 39.4. The molecule has 10 rings (SSSR count). The second-order valence-corrected chi connectivity index (χ2v) is 20.8. The number of carbonyl (C=O) groups excluding carboxylic acids is 2. The largest absolute Gasteiger partial charge is 0.353 e. The molecule has 0 radical (unpaired) electrons. The molecule has 2 heterocycles. The highest BCUT2D eigenvalue weighted by Gasteiger charge is 2.41. The normalized spacial score (nSPS) is 16.6. The number of nitrogens with zero attached hydrogens (tertiary/aromatic N) is 4. The lowest BCUT2D eigenvalue weighted by atomic mass is 9.72. The highest BCUT2D eigenvalue weighted by atomic mass is 19.1. The molecule has 2 aliphatic rings. The predicted octanol–water partition coefficient (Wildman–Crippen LogP) is 13.6. The van der Waals surface area contributed by atoms with Gasteiger partial charge in [0.15, 0.2) is 0 Å². The standard InChI is InChI=1S/2C33H34FN3O/c1-23-5-8-27-15-17-33(30(27)19-23,28-9-11-29(34)12-10-28)16-4-18-35-32(38)14-7-26-6-13-31(24(2)20-26)37-21-25(3)36-22-37;1-23-6-4-7-30-29(23)16-18-33(30,27-10-12-28(34)13-11-27)17-5-19-35-32(38)15-9-26-8-14-31(24(2)20-26)37-21-25(3)36-22-37/h5-14,19-22H,4,15-18H2,1-3H3,(H,35,38);4,6-15,20-22H,5,16-19H2,1-3H3,(H,35,38)/b14-7+;15-9+. The summed E-state index contributed by atoms with van der Waals surface area (Å²) in [6.07, 6.45) is 22.0. The molecule has 388 valence electrons. The highest BCUT2D eigenvalue weighted by Crippen LogP contribution is 2.49. The Morgan fingerprint density at radius 2 is 1.07 bits per heavy atom. The van der Waals surface area contributed by atoms with Crippen LogP contribution < -0.4 is 10.6 Å². The van der Waals surface area contributed by atoms with Crippen molar-refractivity contribution in [3.8, 4) is 11.4 Å². The third kappa shape index (κ3) is 11.9. The molecule has 0 aliphatic heterocycles. The number of fused-ring (bicyclic) bond motifs is 2. The van der Waals surface area contributed by atoms with Gasteiger partial charge in [0.1, 0.15) is 11.6 Å². The SMILES string of the molecule is Cc1ccc2c(c1)C(CCCNC(=O)/C=C/c1ccc(-n3cnc(C)c3)c(C)c1)(c1ccc(F)cc1)CC2.Cc1cn(-c2ccc(/C=C/C(=O)NCCCC3(c4ccc(F)cc4)CCc4c(C)cccc43)cc2C)cn1. The summed E-state index contributed by atoms with van der Waals surface area (Å²) in [4.78, 5) is 33.7. The van der Waals surface area contributed by atoms with Gasteiger partial charge in [0.2, 0.25) is 11.8 Å². The maximum absolute atomic E-state index is 13.7. The van der Waals surface area contributed by atoms with E-state index in [-0.39, 0.29) is 34.3 Å². The van der Waals surface area contributed by atoms with Crippen LogP contribution in [-0.2, 0) is 33.3 Å². The zero-order chi connectivity index (χ0) is 53.4. The van der Waals surface area contributed by atoms with Gasteiger partial charge in [-0.25, -0.2) is 18.7 Å². The lowest BCUT2D eigenvalue weighted by molar-refractivity contribution is -0.117. The molecule has 8 nitrogen and oxygen atoms in total. The van der Waals surface area contributed by atoms with Gasteiger partial charge in [-0.1, -0.05) is 78.4 Å². The molecule has 0 spiro atoms. The number of aromatic nitrogens is 4. The van der Waals surface area contributed by atoms with Crippen LogP contribution in [0.1, 0.15) is 117 Å². The average molecular weight is 1020 g/mol. The van der Waals surface area contributed by atoms with E-state index in [2.05, 4.69) is 96.8 Å². The first-order valence-electron chi connectivity index (χ1n) is 26.6. The summed E-state index contributed by atoms with van der Waals surface area (Å²) >= 11 is 0. The van der Waals surface area contributed by atoms with Gasteiger partial charge in [0, 0.05) is 59.8 Å². The second-order valence-electron chi connectivity index (χ2n) is 20.8. The molecule has 2 aromatic heterocycles. The van der Waals surface area contributed by atoms with Crippen LogP contribution in [0.3, 0.4) is 0 Å². The number of hydrogen-bond acceptors (Lipinski definition) is 4. The first-order valence-corrected chi connectivity index (χ1v) is 26.6. The van der Waals surface area contributed by atoms with Crippen LogP contribution in [0.4, 0.5) is 8.78 Å². The summed E-state index contributed by atoms with van der Waals surface area (Å²) in [6.45, 7) is 13.5. The minimum atomic E-state index is -0.216. The minimum Gasteiger partial charge on any atom is -0.353 e. The minimum absolute atomic E-state index is 0.101. The van der Waals surface area contributed by atoms with Crippen molar-refractivity contribution in [3.63, 3.8) is 0 Å². The van der Waals surface area contributed by atoms with Crippen molar-refractivity contribution in [2.45, 2.75) is 104 Å². The van der Waals surface area contributed by atoms with E-state index in [9.17, 15) is 18.4 Å². The summed E-state index contributed by atoms with van der Waals surface area (Å²) in [7, 11) is 0. The fraction of sp³-hybridized carbons (Fsp3) is 0.273. The molecule has 10 heteroatoms. The first-order chi connectivity index (χ1) is 36.7. The molecule has 2 amide bonds. The molecule has 0 bridgehead atoms. The summed E-state index contributed by atoms with van der Waals surface area (Å²) in [5, 5.41) is 6.09. The monoisotopic (exact) mass is 1010 g/mol. The molecule has 0 fully saturated rings. The quantitative estimate of drug-likeness (QED) is 0.0745. The van der Waals surface area contributed by atoms with Crippen LogP contribution in [0.15, 0.2) is 159 Å². The molecule has 2 atom stereocenters. The molecular weight excluding hydrogens is 947 g/mol. The van der Waals surface area contributed by atoms with E-state index in [0.717, 1.165) is 108 Å². The number of rotatable bonds is 16. The van der Waals surface area contributed by atoms with E-state index in [4.69, 9.17) is 0 Å². The number of halogens is 2. The molecule has 2 unspecified atom stereocenters. The molecule has 6 aromatic carbocycles. The van der Waals surface area contributed by atoms with Crippen molar-refractivity contribution in [1.29, 1.82) is 0 Å². The third-order valence-electron chi connectivity index (χ3n) is 15.6. The number of benzene rings is 6. The lowest BCUT2D eigenvalue weighted by Crippen LogP contribution is -2.28. The van der Waals surface area contributed by atoms with E-state index < -0.39 is 0 Å². The van der Waals surface area contributed by atoms with Crippen molar-refractivity contribution in [2.75, 3.05) is 13.1 Å². The van der Waals surface area contributed by atoms with Gasteiger partial charge in [-0.15, -0.1) is 0 Å². The molecule has 76 heavy (non-hydrogen) atoms. The Morgan fingerprint density at radius 1 is 0.566 bits per heavy atom. The zero-order valence-corrected chi connectivity index (χ0v) is 44.6. The van der Waals surface area contributed by atoms with Crippen molar-refractivity contribution < 1.29 is 18.4 Å². The molecule has 0 saturated heterocycles. The van der Waals surface area contributed by atoms with Crippen molar-refractivity contribution in [3.05, 3.63) is 248 Å². The highest BCUT2D eigenvalue weighted by molar-refractivity contribution is 5.92. The number of carbonyl (C=O) groups is 2. The van der Waals surface area contributed by atoms with Gasteiger partial charge >= 0.3 is 0 Å². The van der Waals surface area contributed by atoms with Crippen LogP contribution >= 0.6 is 0 Å².